The molecule has 0 spiro atoms. The standard InChI is InChI=1S/C13H19NS/c14-9-13(5-6-13)7-10-8-15-12-4-2-1-3-11(10)12/h8H,1-7,9,14H2. The quantitative estimate of drug-likeness (QED) is 0.834. The van der Waals surface area contributed by atoms with Crippen LogP contribution in [0.15, 0.2) is 5.38 Å². The summed E-state index contributed by atoms with van der Waals surface area (Å²) in [7, 11) is 0. The summed E-state index contributed by atoms with van der Waals surface area (Å²) in [4.78, 5) is 1.67. The van der Waals surface area contributed by atoms with Gasteiger partial charge in [-0.15, -0.1) is 11.3 Å². The van der Waals surface area contributed by atoms with Gasteiger partial charge in [0.15, 0.2) is 0 Å². The number of thiophene rings is 1. The topological polar surface area (TPSA) is 26.0 Å². The Morgan fingerprint density at radius 3 is 2.80 bits per heavy atom. The second-order valence-corrected chi connectivity index (χ2v) is 6.21. The fourth-order valence-electron chi connectivity index (χ4n) is 2.74. The third kappa shape index (κ3) is 1.74. The molecule has 0 aromatic carbocycles. The van der Waals surface area contributed by atoms with Crippen molar-refractivity contribution in [3.8, 4) is 0 Å². The monoisotopic (exact) mass is 221 g/mol. The molecular formula is C13H19NS. The van der Waals surface area contributed by atoms with E-state index in [-0.39, 0.29) is 0 Å². The molecule has 0 saturated heterocycles. The van der Waals surface area contributed by atoms with E-state index in [4.69, 9.17) is 5.73 Å². The Morgan fingerprint density at radius 1 is 1.27 bits per heavy atom. The third-order valence-corrected chi connectivity index (χ3v) is 5.24. The van der Waals surface area contributed by atoms with Crippen LogP contribution in [0.2, 0.25) is 0 Å². The molecule has 0 atom stereocenters. The lowest BCUT2D eigenvalue weighted by Crippen LogP contribution is -2.18. The van der Waals surface area contributed by atoms with Crippen molar-refractivity contribution in [3.05, 3.63) is 21.4 Å². The second-order valence-electron chi connectivity index (χ2n) is 5.25. The smallest absolute Gasteiger partial charge is 0.00800 e. The predicted molar refractivity (Wildman–Crippen MR) is 65.4 cm³/mol. The molecule has 1 aromatic rings. The first kappa shape index (κ1) is 9.86. The van der Waals surface area contributed by atoms with Crippen LogP contribution in [-0.2, 0) is 19.3 Å². The van der Waals surface area contributed by atoms with Crippen LogP contribution in [0.3, 0.4) is 0 Å². The average Bonchev–Trinajstić information content (AvgIpc) is 2.95. The third-order valence-electron chi connectivity index (χ3n) is 4.10. The summed E-state index contributed by atoms with van der Waals surface area (Å²) in [6.07, 6.45) is 9.42. The number of hydrogen-bond donors (Lipinski definition) is 1. The van der Waals surface area contributed by atoms with Gasteiger partial charge >= 0.3 is 0 Å². The highest BCUT2D eigenvalue weighted by Crippen LogP contribution is 2.48. The molecule has 0 amide bonds. The zero-order valence-corrected chi connectivity index (χ0v) is 10.0. The Labute approximate surface area is 95.7 Å². The molecule has 1 fully saturated rings. The van der Waals surface area contributed by atoms with Crippen LogP contribution in [0, 0.1) is 5.41 Å². The van der Waals surface area contributed by atoms with Gasteiger partial charge in [-0.3, -0.25) is 0 Å². The molecule has 15 heavy (non-hydrogen) atoms. The van der Waals surface area contributed by atoms with Crippen molar-refractivity contribution in [2.24, 2.45) is 11.1 Å². The van der Waals surface area contributed by atoms with Gasteiger partial charge in [-0.05, 0) is 73.4 Å². The van der Waals surface area contributed by atoms with Gasteiger partial charge in [-0.2, -0.15) is 0 Å². The van der Waals surface area contributed by atoms with Gasteiger partial charge in [0, 0.05) is 4.88 Å². The molecule has 1 heterocycles. The normalized spacial score (nSPS) is 22.5. The summed E-state index contributed by atoms with van der Waals surface area (Å²) in [6, 6.07) is 0. The van der Waals surface area contributed by atoms with Crippen molar-refractivity contribution < 1.29 is 0 Å². The van der Waals surface area contributed by atoms with Gasteiger partial charge in [-0.25, -0.2) is 0 Å². The molecule has 2 aliphatic carbocycles. The predicted octanol–water partition coefficient (Wildman–Crippen LogP) is 2.91. The highest BCUT2D eigenvalue weighted by atomic mass is 32.1. The van der Waals surface area contributed by atoms with Crippen LogP contribution in [-0.4, -0.2) is 6.54 Å². The first-order valence-electron chi connectivity index (χ1n) is 6.11. The van der Waals surface area contributed by atoms with E-state index in [0.29, 0.717) is 5.41 Å². The molecule has 1 saturated carbocycles. The zero-order chi connectivity index (χ0) is 10.3. The summed E-state index contributed by atoms with van der Waals surface area (Å²) >= 11 is 1.99. The van der Waals surface area contributed by atoms with Crippen LogP contribution in [0.25, 0.3) is 0 Å². The van der Waals surface area contributed by atoms with Crippen LogP contribution in [0.4, 0.5) is 0 Å². The summed E-state index contributed by atoms with van der Waals surface area (Å²) in [6.45, 7) is 0.887. The minimum Gasteiger partial charge on any atom is -0.330 e. The average molecular weight is 221 g/mol. The molecular weight excluding hydrogens is 202 g/mol. The molecule has 2 aliphatic rings. The van der Waals surface area contributed by atoms with Gasteiger partial charge in [0.1, 0.15) is 0 Å². The lowest BCUT2D eigenvalue weighted by Gasteiger charge is -2.16. The van der Waals surface area contributed by atoms with Crippen LogP contribution in [0.1, 0.15) is 41.7 Å². The van der Waals surface area contributed by atoms with Crippen molar-refractivity contribution in [3.63, 3.8) is 0 Å². The van der Waals surface area contributed by atoms with E-state index in [1.807, 2.05) is 11.3 Å². The SMILES string of the molecule is NCC1(Cc2csc3c2CCCC3)CC1. The Bertz CT molecular complexity index is 363. The van der Waals surface area contributed by atoms with E-state index in [1.54, 1.807) is 16.0 Å². The minimum atomic E-state index is 0.506. The maximum Gasteiger partial charge on any atom is 0.00800 e. The number of hydrogen-bond acceptors (Lipinski definition) is 2. The Kier molecular flexibility index (Phi) is 2.37. The molecule has 1 nitrogen and oxygen atoms in total. The number of rotatable bonds is 3. The van der Waals surface area contributed by atoms with E-state index in [2.05, 4.69) is 5.38 Å². The van der Waals surface area contributed by atoms with Crippen LogP contribution in [0.5, 0.6) is 0 Å². The maximum atomic E-state index is 5.86. The van der Waals surface area contributed by atoms with Gasteiger partial charge in [0.05, 0.1) is 0 Å². The molecule has 2 N–H and O–H groups in total. The summed E-state index contributed by atoms with van der Waals surface area (Å²) in [5, 5.41) is 2.41. The fourth-order valence-corrected chi connectivity index (χ4v) is 3.89. The molecule has 82 valence electrons. The molecule has 1 aromatic heterocycles. The maximum absolute atomic E-state index is 5.86. The van der Waals surface area contributed by atoms with E-state index in [9.17, 15) is 0 Å². The van der Waals surface area contributed by atoms with Crippen molar-refractivity contribution in [2.75, 3.05) is 6.54 Å². The number of aryl methyl sites for hydroxylation is 1. The fraction of sp³-hybridized carbons (Fsp3) is 0.692. The van der Waals surface area contributed by atoms with Gasteiger partial charge < -0.3 is 5.73 Å². The molecule has 0 unspecified atom stereocenters. The lowest BCUT2D eigenvalue weighted by molar-refractivity contribution is 0.517. The van der Waals surface area contributed by atoms with Crippen molar-refractivity contribution in [1.82, 2.24) is 0 Å². The summed E-state index contributed by atoms with van der Waals surface area (Å²) < 4.78 is 0. The zero-order valence-electron chi connectivity index (χ0n) is 9.22. The highest BCUT2D eigenvalue weighted by molar-refractivity contribution is 7.10. The van der Waals surface area contributed by atoms with Crippen LogP contribution < -0.4 is 5.73 Å². The van der Waals surface area contributed by atoms with Gasteiger partial charge in [-0.1, -0.05) is 0 Å². The first-order valence-corrected chi connectivity index (χ1v) is 6.99. The minimum absolute atomic E-state index is 0.506. The van der Waals surface area contributed by atoms with Gasteiger partial charge in [0.2, 0.25) is 0 Å². The Balaban J connectivity index is 1.83. The summed E-state index contributed by atoms with van der Waals surface area (Å²) in [5.41, 5.74) is 9.71. The number of fused-ring (bicyclic) bond motifs is 1. The molecule has 0 bridgehead atoms. The number of nitrogens with two attached hydrogens (primary N) is 1. The molecule has 0 aliphatic heterocycles. The highest BCUT2D eigenvalue weighted by Gasteiger charge is 2.41. The van der Waals surface area contributed by atoms with Crippen molar-refractivity contribution >= 4 is 11.3 Å². The molecule has 3 rings (SSSR count). The lowest BCUT2D eigenvalue weighted by atomic mass is 9.90. The summed E-state index contributed by atoms with van der Waals surface area (Å²) in [5.74, 6) is 0. The Hall–Kier alpha value is -0.340. The largest absolute Gasteiger partial charge is 0.330 e. The first-order chi connectivity index (χ1) is 7.33. The molecule has 2 heteroatoms. The van der Waals surface area contributed by atoms with E-state index in [1.165, 1.54) is 44.9 Å². The van der Waals surface area contributed by atoms with E-state index < -0.39 is 0 Å². The Morgan fingerprint density at radius 2 is 2.07 bits per heavy atom. The second kappa shape index (κ2) is 3.60. The van der Waals surface area contributed by atoms with Crippen molar-refractivity contribution in [2.45, 2.75) is 44.9 Å². The van der Waals surface area contributed by atoms with E-state index >= 15 is 0 Å². The molecule has 0 radical (unpaired) electrons. The van der Waals surface area contributed by atoms with Crippen LogP contribution >= 0.6 is 11.3 Å². The van der Waals surface area contributed by atoms with E-state index in [0.717, 1.165) is 6.54 Å². The van der Waals surface area contributed by atoms with Crippen molar-refractivity contribution in [1.29, 1.82) is 0 Å². The van der Waals surface area contributed by atoms with Gasteiger partial charge in [0.25, 0.3) is 0 Å².